The highest BCUT2D eigenvalue weighted by atomic mass is 32.2. The third-order valence-corrected chi connectivity index (χ3v) is 8.26. The van der Waals surface area contributed by atoms with Gasteiger partial charge < -0.3 is 15.0 Å². The lowest BCUT2D eigenvalue weighted by Gasteiger charge is -2.35. The second-order valence-corrected chi connectivity index (χ2v) is 9.60. The standard InChI is InChI=1S/C17H17N5O4S2/c1-18-12-4-5-19-10-14(12)21-6-8-22(9-7-21)28(24,25)16-3-2-15(27-16)13-11-26-17(23)20-13/h2-5,10,13H,6-9,11H2,(H,20,23). The average Bonchev–Trinajstić information content (AvgIpc) is 3.37. The Hall–Kier alpha value is -2.68. The predicted octanol–water partition coefficient (Wildman–Crippen LogP) is 1.99. The van der Waals surface area contributed by atoms with Crippen LogP contribution in [0.1, 0.15) is 10.9 Å². The molecule has 1 unspecified atom stereocenters. The molecule has 2 fully saturated rings. The van der Waals surface area contributed by atoms with Gasteiger partial charge in [0.05, 0.1) is 12.3 Å². The van der Waals surface area contributed by atoms with E-state index in [4.69, 9.17) is 11.3 Å². The van der Waals surface area contributed by atoms with Gasteiger partial charge in [0.1, 0.15) is 16.9 Å². The Morgan fingerprint density at radius 3 is 2.71 bits per heavy atom. The molecule has 0 bridgehead atoms. The zero-order valence-electron chi connectivity index (χ0n) is 14.7. The normalized spacial score (nSPS) is 20.5. The number of hydrogen-bond donors (Lipinski definition) is 1. The van der Waals surface area contributed by atoms with E-state index < -0.39 is 16.1 Å². The first-order chi connectivity index (χ1) is 13.5. The summed E-state index contributed by atoms with van der Waals surface area (Å²) in [6.07, 6.45) is 2.72. The predicted molar refractivity (Wildman–Crippen MR) is 103 cm³/mol. The highest BCUT2D eigenvalue weighted by molar-refractivity contribution is 7.91. The van der Waals surface area contributed by atoms with Crippen LogP contribution in [0, 0.1) is 6.57 Å². The molecular formula is C17H17N5O4S2. The molecule has 4 rings (SSSR count). The second kappa shape index (κ2) is 7.38. The molecule has 0 spiro atoms. The van der Waals surface area contributed by atoms with E-state index in [1.54, 1.807) is 30.6 Å². The lowest BCUT2D eigenvalue weighted by molar-refractivity contribution is 0.177. The van der Waals surface area contributed by atoms with Crippen LogP contribution < -0.4 is 10.2 Å². The van der Waals surface area contributed by atoms with Crippen molar-refractivity contribution < 1.29 is 17.9 Å². The number of amides is 1. The Morgan fingerprint density at radius 1 is 1.25 bits per heavy atom. The molecular weight excluding hydrogens is 402 g/mol. The average molecular weight is 419 g/mol. The smallest absolute Gasteiger partial charge is 0.407 e. The zero-order chi connectivity index (χ0) is 19.7. The van der Waals surface area contributed by atoms with Gasteiger partial charge in [-0.2, -0.15) is 4.31 Å². The quantitative estimate of drug-likeness (QED) is 0.762. The maximum Gasteiger partial charge on any atom is 0.407 e. The monoisotopic (exact) mass is 419 g/mol. The van der Waals surface area contributed by atoms with E-state index in [0.717, 1.165) is 21.9 Å². The molecule has 2 saturated heterocycles. The summed E-state index contributed by atoms with van der Waals surface area (Å²) in [6, 6.07) is 4.63. The summed E-state index contributed by atoms with van der Waals surface area (Å²) in [6.45, 7) is 9.09. The van der Waals surface area contributed by atoms with Crippen molar-refractivity contribution in [2.24, 2.45) is 0 Å². The van der Waals surface area contributed by atoms with Gasteiger partial charge in [-0.3, -0.25) is 4.98 Å². The summed E-state index contributed by atoms with van der Waals surface area (Å²) in [5.74, 6) is 0. The number of thiophene rings is 1. The molecule has 146 valence electrons. The molecule has 1 atom stereocenters. The Bertz CT molecular complexity index is 1040. The van der Waals surface area contributed by atoms with E-state index in [9.17, 15) is 13.2 Å². The number of hydrogen-bond acceptors (Lipinski definition) is 7. The summed E-state index contributed by atoms with van der Waals surface area (Å²) >= 11 is 1.15. The number of nitrogens with one attached hydrogen (secondary N) is 1. The number of piperazine rings is 1. The molecule has 0 aliphatic carbocycles. The molecule has 1 N–H and O–H groups in total. The molecule has 28 heavy (non-hydrogen) atoms. The Labute approximate surface area is 166 Å². The van der Waals surface area contributed by atoms with Gasteiger partial charge in [0, 0.05) is 43.4 Å². The van der Waals surface area contributed by atoms with E-state index in [1.807, 2.05) is 4.90 Å². The number of cyclic esters (lactones) is 1. The topological polar surface area (TPSA) is 96.2 Å². The van der Waals surface area contributed by atoms with E-state index in [0.29, 0.717) is 31.9 Å². The van der Waals surface area contributed by atoms with Crippen molar-refractivity contribution in [3.05, 3.63) is 46.9 Å². The summed E-state index contributed by atoms with van der Waals surface area (Å²) < 4.78 is 32.5. The van der Waals surface area contributed by atoms with Crippen LogP contribution in [0.15, 0.2) is 34.8 Å². The highest BCUT2D eigenvalue weighted by Crippen LogP contribution is 2.32. The van der Waals surface area contributed by atoms with Crippen molar-refractivity contribution in [1.82, 2.24) is 14.6 Å². The summed E-state index contributed by atoms with van der Waals surface area (Å²) in [5, 5.41) is 2.65. The minimum Gasteiger partial charge on any atom is -0.447 e. The molecule has 11 heteroatoms. The van der Waals surface area contributed by atoms with Gasteiger partial charge in [-0.15, -0.1) is 11.3 Å². The summed E-state index contributed by atoms with van der Waals surface area (Å²) in [4.78, 5) is 21.5. The number of alkyl carbamates (subject to hydrolysis) is 1. The van der Waals surface area contributed by atoms with Crippen LogP contribution in [0.4, 0.5) is 16.2 Å². The van der Waals surface area contributed by atoms with Gasteiger partial charge in [-0.1, -0.05) is 0 Å². The minimum absolute atomic E-state index is 0.200. The molecule has 0 saturated carbocycles. The van der Waals surface area contributed by atoms with Crippen LogP contribution in [-0.2, 0) is 14.8 Å². The van der Waals surface area contributed by atoms with Gasteiger partial charge in [0.15, 0.2) is 0 Å². The van der Waals surface area contributed by atoms with Crippen LogP contribution in [0.25, 0.3) is 4.85 Å². The van der Waals surface area contributed by atoms with Crippen LogP contribution in [0.5, 0.6) is 0 Å². The lowest BCUT2D eigenvalue weighted by Crippen LogP contribution is -2.48. The second-order valence-electron chi connectivity index (χ2n) is 6.32. The minimum atomic E-state index is -3.61. The number of nitrogens with zero attached hydrogens (tertiary/aromatic N) is 4. The first-order valence-electron chi connectivity index (χ1n) is 8.58. The number of pyridine rings is 1. The third-order valence-electron chi connectivity index (χ3n) is 4.69. The highest BCUT2D eigenvalue weighted by Gasteiger charge is 2.32. The lowest BCUT2D eigenvalue weighted by atomic mass is 10.2. The first kappa shape index (κ1) is 18.7. The summed E-state index contributed by atoms with van der Waals surface area (Å²) in [5.41, 5.74) is 1.24. The maximum atomic E-state index is 13.0. The van der Waals surface area contributed by atoms with Crippen molar-refractivity contribution in [2.75, 3.05) is 37.7 Å². The van der Waals surface area contributed by atoms with E-state index >= 15 is 0 Å². The number of rotatable bonds is 4. The van der Waals surface area contributed by atoms with Gasteiger partial charge in [-0.05, 0) is 18.2 Å². The molecule has 4 heterocycles. The first-order valence-corrected chi connectivity index (χ1v) is 10.8. The maximum absolute atomic E-state index is 13.0. The Morgan fingerprint density at radius 2 is 2.04 bits per heavy atom. The zero-order valence-corrected chi connectivity index (χ0v) is 16.4. The van der Waals surface area contributed by atoms with Crippen molar-refractivity contribution in [2.45, 2.75) is 10.3 Å². The van der Waals surface area contributed by atoms with Gasteiger partial charge in [-0.25, -0.2) is 18.1 Å². The Kier molecular flexibility index (Phi) is 4.92. The molecule has 0 aromatic carbocycles. The third kappa shape index (κ3) is 3.42. The molecule has 2 aromatic rings. The molecule has 9 nitrogen and oxygen atoms in total. The fourth-order valence-electron chi connectivity index (χ4n) is 3.21. The van der Waals surface area contributed by atoms with Crippen LogP contribution in [-0.4, -0.2) is 56.6 Å². The number of anilines is 1. The van der Waals surface area contributed by atoms with E-state index in [-0.39, 0.29) is 16.9 Å². The molecule has 1 amide bonds. The van der Waals surface area contributed by atoms with Crippen molar-refractivity contribution >= 4 is 38.8 Å². The molecule has 2 aromatic heterocycles. The van der Waals surface area contributed by atoms with Gasteiger partial charge in [0.2, 0.25) is 5.69 Å². The van der Waals surface area contributed by atoms with E-state index in [1.165, 1.54) is 4.31 Å². The summed E-state index contributed by atoms with van der Waals surface area (Å²) in [7, 11) is -3.61. The van der Waals surface area contributed by atoms with Crippen LogP contribution >= 0.6 is 11.3 Å². The Balaban J connectivity index is 1.46. The number of carbonyl (C=O) groups is 1. The van der Waals surface area contributed by atoms with Crippen LogP contribution in [0.3, 0.4) is 0 Å². The largest absolute Gasteiger partial charge is 0.447 e. The molecule has 0 radical (unpaired) electrons. The number of ether oxygens (including phenoxy) is 1. The van der Waals surface area contributed by atoms with E-state index in [2.05, 4.69) is 15.1 Å². The SMILES string of the molecule is [C-]#[N+]c1ccncc1N1CCN(S(=O)(=O)c2ccc(C3COC(=O)N3)s2)CC1. The molecule has 2 aliphatic rings. The van der Waals surface area contributed by atoms with Gasteiger partial charge in [0.25, 0.3) is 10.0 Å². The number of sulfonamides is 1. The molecule has 2 aliphatic heterocycles. The fourth-order valence-corrected chi connectivity index (χ4v) is 6.15. The van der Waals surface area contributed by atoms with Crippen molar-refractivity contribution in [1.29, 1.82) is 0 Å². The van der Waals surface area contributed by atoms with Crippen LogP contribution in [0.2, 0.25) is 0 Å². The number of aromatic nitrogens is 1. The fraction of sp³-hybridized carbons (Fsp3) is 0.353. The number of carbonyl (C=O) groups excluding carboxylic acids is 1. The van der Waals surface area contributed by atoms with Gasteiger partial charge >= 0.3 is 6.09 Å². The van der Waals surface area contributed by atoms with Crippen molar-refractivity contribution in [3.8, 4) is 0 Å². The van der Waals surface area contributed by atoms with Crippen molar-refractivity contribution in [3.63, 3.8) is 0 Å².